The van der Waals surface area contributed by atoms with Crippen molar-refractivity contribution in [1.82, 2.24) is 5.32 Å². The largest absolute Gasteiger partial charge is 0.380 e. The maximum atomic E-state index is 12.0. The van der Waals surface area contributed by atoms with Crippen LogP contribution in [0.3, 0.4) is 0 Å². The molecule has 0 saturated carbocycles. The molecule has 0 fully saturated rings. The van der Waals surface area contributed by atoms with E-state index in [1.54, 1.807) is 31.2 Å². The van der Waals surface area contributed by atoms with Crippen molar-refractivity contribution < 1.29 is 14.3 Å². The van der Waals surface area contributed by atoms with Crippen LogP contribution in [0.4, 0.5) is 0 Å². The lowest BCUT2D eigenvalue weighted by Crippen LogP contribution is -2.53. The molecule has 1 aromatic carbocycles. The molecule has 2 atom stereocenters. The summed E-state index contributed by atoms with van der Waals surface area (Å²) < 4.78 is 5.05. The van der Waals surface area contributed by atoms with Crippen LogP contribution in [0.1, 0.15) is 18.9 Å². The Bertz CT molecular complexity index is 466. The Kier molecular flexibility index (Phi) is 7.94. The Morgan fingerprint density at radius 1 is 1.33 bits per heavy atom. The van der Waals surface area contributed by atoms with Gasteiger partial charge in [0.25, 0.3) is 0 Å². The van der Waals surface area contributed by atoms with E-state index in [0.717, 1.165) is 0 Å². The SMILES string of the molecule is COC(CN)CC(=O)NC(C)(C(N)=O)c1ccccc1.Cl. The second kappa shape index (κ2) is 8.61. The lowest BCUT2D eigenvalue weighted by molar-refractivity contribution is -0.132. The van der Waals surface area contributed by atoms with Gasteiger partial charge in [0, 0.05) is 13.7 Å². The van der Waals surface area contributed by atoms with Crippen molar-refractivity contribution in [3.63, 3.8) is 0 Å². The minimum absolute atomic E-state index is 0. The molecule has 0 saturated heterocycles. The summed E-state index contributed by atoms with van der Waals surface area (Å²) in [6.07, 6.45) is -0.314. The van der Waals surface area contributed by atoms with Crippen molar-refractivity contribution in [1.29, 1.82) is 0 Å². The van der Waals surface area contributed by atoms with E-state index in [0.29, 0.717) is 5.56 Å². The summed E-state index contributed by atoms with van der Waals surface area (Å²) in [5.74, 6) is -0.966. The first-order valence-corrected chi connectivity index (χ1v) is 6.33. The van der Waals surface area contributed by atoms with Gasteiger partial charge in [-0.1, -0.05) is 30.3 Å². The number of amides is 2. The maximum absolute atomic E-state index is 12.0. The highest BCUT2D eigenvalue weighted by Gasteiger charge is 2.35. The maximum Gasteiger partial charge on any atom is 0.247 e. The first kappa shape index (κ1) is 19.4. The van der Waals surface area contributed by atoms with E-state index >= 15 is 0 Å². The molecule has 0 aliphatic rings. The third-order valence-corrected chi connectivity index (χ3v) is 3.24. The fourth-order valence-corrected chi connectivity index (χ4v) is 1.85. The van der Waals surface area contributed by atoms with Crippen LogP contribution in [-0.4, -0.2) is 31.6 Å². The van der Waals surface area contributed by atoms with Crippen molar-refractivity contribution in [2.75, 3.05) is 13.7 Å². The van der Waals surface area contributed by atoms with Crippen LogP contribution >= 0.6 is 12.4 Å². The molecule has 0 aromatic heterocycles. The van der Waals surface area contributed by atoms with Gasteiger partial charge in [-0.15, -0.1) is 12.4 Å². The summed E-state index contributed by atoms with van der Waals surface area (Å²) >= 11 is 0. The molecule has 0 bridgehead atoms. The van der Waals surface area contributed by atoms with Gasteiger partial charge in [-0.3, -0.25) is 9.59 Å². The van der Waals surface area contributed by atoms with E-state index in [1.807, 2.05) is 6.07 Å². The highest BCUT2D eigenvalue weighted by Crippen LogP contribution is 2.20. The normalized spacial score (nSPS) is 14.4. The second-order valence-electron chi connectivity index (χ2n) is 4.70. The summed E-state index contributed by atoms with van der Waals surface area (Å²) in [5.41, 5.74) is 10.3. The van der Waals surface area contributed by atoms with Crippen LogP contribution in [0.15, 0.2) is 30.3 Å². The molecule has 5 N–H and O–H groups in total. The topological polar surface area (TPSA) is 107 Å². The Morgan fingerprint density at radius 2 is 1.90 bits per heavy atom. The Labute approximate surface area is 130 Å². The number of methoxy groups -OCH3 is 1. The predicted octanol–water partition coefficient (Wildman–Crippen LogP) is 0.289. The highest BCUT2D eigenvalue weighted by molar-refractivity contribution is 5.91. The van der Waals surface area contributed by atoms with E-state index < -0.39 is 11.4 Å². The van der Waals surface area contributed by atoms with Gasteiger partial charge in [0.05, 0.1) is 12.5 Å². The lowest BCUT2D eigenvalue weighted by atomic mass is 9.91. The quantitative estimate of drug-likeness (QED) is 0.672. The van der Waals surface area contributed by atoms with Crippen LogP contribution in [0.5, 0.6) is 0 Å². The Morgan fingerprint density at radius 3 is 2.33 bits per heavy atom. The van der Waals surface area contributed by atoms with E-state index in [4.69, 9.17) is 16.2 Å². The zero-order chi connectivity index (χ0) is 15.2. The van der Waals surface area contributed by atoms with Gasteiger partial charge in [-0.05, 0) is 12.5 Å². The van der Waals surface area contributed by atoms with Gasteiger partial charge in [-0.2, -0.15) is 0 Å². The molecule has 1 aromatic rings. The van der Waals surface area contributed by atoms with E-state index in [9.17, 15) is 9.59 Å². The van der Waals surface area contributed by atoms with Gasteiger partial charge >= 0.3 is 0 Å². The lowest BCUT2D eigenvalue weighted by Gasteiger charge is -2.28. The fourth-order valence-electron chi connectivity index (χ4n) is 1.85. The number of hydrogen-bond acceptors (Lipinski definition) is 4. The molecule has 6 nitrogen and oxygen atoms in total. The van der Waals surface area contributed by atoms with Crippen LogP contribution in [0.2, 0.25) is 0 Å². The first-order valence-electron chi connectivity index (χ1n) is 6.33. The summed E-state index contributed by atoms with van der Waals surface area (Å²) in [6.45, 7) is 1.80. The molecule has 0 heterocycles. The van der Waals surface area contributed by atoms with Gasteiger partial charge in [0.2, 0.25) is 11.8 Å². The molecule has 118 valence electrons. The summed E-state index contributed by atoms with van der Waals surface area (Å²) in [5, 5.41) is 2.66. The van der Waals surface area contributed by atoms with E-state index in [1.165, 1.54) is 7.11 Å². The van der Waals surface area contributed by atoms with Gasteiger partial charge < -0.3 is 21.5 Å². The molecule has 0 radical (unpaired) electrons. The standard InChI is InChI=1S/C14H21N3O3.ClH/c1-14(13(16)19,10-6-4-3-5-7-10)17-12(18)8-11(9-15)20-2;/h3-7,11H,8-9,15H2,1-2H3,(H2,16,19)(H,17,18);1H. The third-order valence-electron chi connectivity index (χ3n) is 3.24. The monoisotopic (exact) mass is 315 g/mol. The number of halogens is 1. The van der Waals surface area contributed by atoms with Crippen molar-refractivity contribution in [2.24, 2.45) is 11.5 Å². The van der Waals surface area contributed by atoms with Gasteiger partial charge in [-0.25, -0.2) is 0 Å². The molecule has 2 unspecified atom stereocenters. The number of hydrogen-bond donors (Lipinski definition) is 3. The second-order valence-corrected chi connectivity index (χ2v) is 4.70. The Balaban J connectivity index is 0.00000400. The van der Waals surface area contributed by atoms with Gasteiger partial charge in [0.15, 0.2) is 0 Å². The summed E-state index contributed by atoms with van der Waals surface area (Å²) in [7, 11) is 1.48. The van der Waals surface area contributed by atoms with Crippen LogP contribution in [0.25, 0.3) is 0 Å². The average molecular weight is 316 g/mol. The summed E-state index contributed by atoms with van der Waals surface area (Å²) in [6, 6.07) is 8.85. The molecule has 1 rings (SSSR count). The van der Waals surface area contributed by atoms with Crippen molar-refractivity contribution in [2.45, 2.75) is 25.0 Å². The number of primary amides is 1. The molecule has 0 aliphatic carbocycles. The van der Waals surface area contributed by atoms with Crippen LogP contribution in [-0.2, 0) is 19.9 Å². The molecule has 0 spiro atoms. The zero-order valence-electron chi connectivity index (χ0n) is 12.2. The van der Waals surface area contributed by atoms with Crippen molar-refractivity contribution in [3.8, 4) is 0 Å². The predicted molar refractivity (Wildman–Crippen MR) is 82.8 cm³/mol. The Hall–Kier alpha value is -1.63. The van der Waals surface area contributed by atoms with Crippen LogP contribution < -0.4 is 16.8 Å². The van der Waals surface area contributed by atoms with E-state index in [-0.39, 0.29) is 37.4 Å². The van der Waals surface area contributed by atoms with Crippen molar-refractivity contribution in [3.05, 3.63) is 35.9 Å². The molecule has 0 aliphatic heterocycles. The number of carbonyl (C=O) groups is 2. The van der Waals surface area contributed by atoms with Crippen molar-refractivity contribution >= 4 is 24.2 Å². The first-order chi connectivity index (χ1) is 9.43. The molecule has 21 heavy (non-hydrogen) atoms. The number of carbonyl (C=O) groups excluding carboxylic acids is 2. The van der Waals surface area contributed by atoms with Gasteiger partial charge in [0.1, 0.15) is 5.54 Å². The molecular formula is C14H22ClN3O3. The van der Waals surface area contributed by atoms with Crippen LogP contribution in [0, 0.1) is 0 Å². The number of rotatable bonds is 7. The zero-order valence-corrected chi connectivity index (χ0v) is 13.0. The third kappa shape index (κ3) is 5.00. The smallest absolute Gasteiger partial charge is 0.247 e. The number of benzene rings is 1. The number of nitrogens with one attached hydrogen (secondary N) is 1. The average Bonchev–Trinajstić information content (AvgIpc) is 2.45. The minimum atomic E-state index is -1.26. The minimum Gasteiger partial charge on any atom is -0.380 e. The highest BCUT2D eigenvalue weighted by atomic mass is 35.5. The number of nitrogens with two attached hydrogens (primary N) is 2. The molecule has 2 amide bonds. The fraction of sp³-hybridized carbons (Fsp3) is 0.429. The molecular weight excluding hydrogens is 294 g/mol. The van der Waals surface area contributed by atoms with E-state index in [2.05, 4.69) is 5.32 Å². The number of ether oxygens (including phenoxy) is 1. The molecule has 7 heteroatoms. The summed E-state index contributed by atoms with van der Waals surface area (Å²) in [4.78, 5) is 23.7.